The lowest BCUT2D eigenvalue weighted by atomic mass is 10.0. The van der Waals surface area contributed by atoms with Crippen molar-refractivity contribution in [1.82, 2.24) is 5.32 Å². The van der Waals surface area contributed by atoms with Crippen molar-refractivity contribution in [3.63, 3.8) is 0 Å². The Morgan fingerprint density at radius 1 is 1.18 bits per heavy atom. The van der Waals surface area contributed by atoms with Gasteiger partial charge in [0.15, 0.2) is 11.5 Å². The summed E-state index contributed by atoms with van der Waals surface area (Å²) in [6, 6.07) is 8.26. The molecule has 96 valence electrons. The fraction of sp³-hybridized carbons (Fsp3) is 0.571. The van der Waals surface area contributed by atoms with Gasteiger partial charge in [-0.3, -0.25) is 0 Å². The third kappa shape index (κ3) is 4.27. The van der Waals surface area contributed by atoms with Crippen LogP contribution in [0.1, 0.15) is 20.3 Å². The molecule has 1 rings (SSSR count). The second-order valence-corrected chi connectivity index (χ2v) is 4.34. The Hall–Kier alpha value is -1.22. The molecular formula is C14H23NO2. The Morgan fingerprint density at radius 3 is 2.41 bits per heavy atom. The normalized spacial score (nSPS) is 14.1. The summed E-state index contributed by atoms with van der Waals surface area (Å²) in [4.78, 5) is 0. The van der Waals surface area contributed by atoms with Crippen LogP contribution in [0.4, 0.5) is 0 Å². The van der Waals surface area contributed by atoms with Crippen LogP contribution in [0, 0.1) is 5.92 Å². The largest absolute Gasteiger partial charge is 0.493 e. The van der Waals surface area contributed by atoms with Crippen LogP contribution in [-0.4, -0.2) is 26.8 Å². The number of nitrogens with one attached hydrogen (secondary N) is 1. The molecule has 1 N–H and O–H groups in total. The molecule has 0 heterocycles. The minimum Gasteiger partial charge on any atom is -0.493 e. The Labute approximate surface area is 104 Å². The lowest BCUT2D eigenvalue weighted by Crippen LogP contribution is -2.29. The summed E-state index contributed by atoms with van der Waals surface area (Å²) in [5.74, 6) is 2.20. The number of methoxy groups -OCH3 is 1. The summed E-state index contributed by atoms with van der Waals surface area (Å²) in [5, 5.41) is 3.26. The predicted octanol–water partition coefficient (Wildman–Crippen LogP) is 2.71. The molecule has 1 aromatic carbocycles. The Kier molecular flexibility index (Phi) is 5.84. The third-order valence-corrected chi connectivity index (χ3v) is 3.21. The van der Waals surface area contributed by atoms with E-state index in [4.69, 9.17) is 9.47 Å². The highest BCUT2D eigenvalue weighted by Gasteiger charge is 2.10. The van der Waals surface area contributed by atoms with Gasteiger partial charge in [-0.15, -0.1) is 0 Å². The van der Waals surface area contributed by atoms with Gasteiger partial charge in [-0.05, 0) is 38.4 Å². The van der Waals surface area contributed by atoms with E-state index >= 15 is 0 Å². The number of para-hydroxylation sites is 2. The molecule has 0 aliphatic carbocycles. The van der Waals surface area contributed by atoms with Crippen molar-refractivity contribution >= 4 is 0 Å². The van der Waals surface area contributed by atoms with Gasteiger partial charge < -0.3 is 14.8 Å². The fourth-order valence-electron chi connectivity index (χ4n) is 1.63. The van der Waals surface area contributed by atoms with E-state index in [1.807, 2.05) is 31.3 Å². The molecule has 0 aliphatic rings. The lowest BCUT2D eigenvalue weighted by Gasteiger charge is -2.19. The zero-order valence-corrected chi connectivity index (χ0v) is 11.2. The number of rotatable bonds is 7. The Balaban J connectivity index is 2.40. The second kappa shape index (κ2) is 7.17. The first-order valence-electron chi connectivity index (χ1n) is 6.12. The van der Waals surface area contributed by atoms with Crippen LogP contribution in [-0.2, 0) is 0 Å². The van der Waals surface area contributed by atoms with Crippen LogP contribution in [0.2, 0.25) is 0 Å². The summed E-state index contributed by atoms with van der Waals surface area (Å²) in [5.41, 5.74) is 0. The summed E-state index contributed by atoms with van der Waals surface area (Å²) in [7, 11) is 3.65. The topological polar surface area (TPSA) is 30.5 Å². The predicted molar refractivity (Wildman–Crippen MR) is 70.8 cm³/mol. The maximum Gasteiger partial charge on any atom is 0.161 e. The first-order valence-corrected chi connectivity index (χ1v) is 6.12. The first kappa shape index (κ1) is 13.8. The molecule has 2 atom stereocenters. The zero-order chi connectivity index (χ0) is 12.7. The lowest BCUT2D eigenvalue weighted by molar-refractivity contribution is 0.253. The van der Waals surface area contributed by atoms with Gasteiger partial charge >= 0.3 is 0 Å². The van der Waals surface area contributed by atoms with E-state index in [9.17, 15) is 0 Å². The highest BCUT2D eigenvalue weighted by molar-refractivity contribution is 5.39. The molecule has 17 heavy (non-hydrogen) atoms. The minimum absolute atomic E-state index is 0.510. The average Bonchev–Trinajstić information content (AvgIpc) is 2.38. The monoisotopic (exact) mass is 237 g/mol. The minimum atomic E-state index is 0.510. The van der Waals surface area contributed by atoms with Crippen molar-refractivity contribution in [2.24, 2.45) is 5.92 Å². The zero-order valence-electron chi connectivity index (χ0n) is 11.2. The maximum absolute atomic E-state index is 5.74. The van der Waals surface area contributed by atoms with Gasteiger partial charge in [0.25, 0.3) is 0 Å². The molecule has 0 radical (unpaired) electrons. The smallest absolute Gasteiger partial charge is 0.161 e. The molecular weight excluding hydrogens is 214 g/mol. The molecule has 0 saturated heterocycles. The maximum atomic E-state index is 5.74. The van der Waals surface area contributed by atoms with Crippen LogP contribution in [0.5, 0.6) is 11.5 Å². The summed E-state index contributed by atoms with van der Waals surface area (Å²) in [6.07, 6.45) is 1.03. The number of ether oxygens (including phenoxy) is 2. The number of hydrogen-bond acceptors (Lipinski definition) is 3. The number of hydrogen-bond donors (Lipinski definition) is 1. The van der Waals surface area contributed by atoms with Crippen LogP contribution >= 0.6 is 0 Å². The van der Waals surface area contributed by atoms with Crippen molar-refractivity contribution < 1.29 is 9.47 Å². The number of benzene rings is 1. The van der Waals surface area contributed by atoms with E-state index in [-0.39, 0.29) is 0 Å². The van der Waals surface area contributed by atoms with Gasteiger partial charge in [-0.1, -0.05) is 19.1 Å². The van der Waals surface area contributed by atoms with Crippen molar-refractivity contribution in [1.29, 1.82) is 0 Å². The molecule has 1 aromatic rings. The van der Waals surface area contributed by atoms with Crippen LogP contribution in [0.3, 0.4) is 0 Å². The van der Waals surface area contributed by atoms with E-state index in [0.717, 1.165) is 17.9 Å². The van der Waals surface area contributed by atoms with Crippen molar-refractivity contribution in [3.05, 3.63) is 24.3 Å². The highest BCUT2D eigenvalue weighted by atomic mass is 16.5. The second-order valence-electron chi connectivity index (χ2n) is 4.34. The third-order valence-electron chi connectivity index (χ3n) is 3.21. The molecule has 3 heteroatoms. The molecule has 0 bridgehead atoms. The summed E-state index contributed by atoms with van der Waals surface area (Å²) < 4.78 is 11.0. The van der Waals surface area contributed by atoms with Gasteiger partial charge in [0.05, 0.1) is 13.7 Å². The van der Waals surface area contributed by atoms with Gasteiger partial charge in [-0.25, -0.2) is 0 Å². The molecule has 0 spiro atoms. The SMILES string of the molecule is CNC(C)C(C)CCOc1ccccc1OC. The fourth-order valence-corrected chi connectivity index (χ4v) is 1.63. The molecule has 0 aliphatic heterocycles. The Bertz CT molecular complexity index is 328. The molecule has 0 fully saturated rings. The Morgan fingerprint density at radius 2 is 1.82 bits per heavy atom. The van der Waals surface area contributed by atoms with Gasteiger partial charge in [0.1, 0.15) is 0 Å². The van der Waals surface area contributed by atoms with Gasteiger partial charge in [0.2, 0.25) is 0 Å². The van der Waals surface area contributed by atoms with Crippen molar-refractivity contribution in [3.8, 4) is 11.5 Å². The quantitative estimate of drug-likeness (QED) is 0.791. The average molecular weight is 237 g/mol. The van der Waals surface area contributed by atoms with Crippen LogP contribution in [0.25, 0.3) is 0 Å². The van der Waals surface area contributed by atoms with Crippen LogP contribution in [0.15, 0.2) is 24.3 Å². The molecule has 3 nitrogen and oxygen atoms in total. The molecule has 2 unspecified atom stereocenters. The highest BCUT2D eigenvalue weighted by Crippen LogP contribution is 2.26. The van der Waals surface area contributed by atoms with E-state index in [2.05, 4.69) is 19.2 Å². The molecule has 0 amide bonds. The summed E-state index contributed by atoms with van der Waals surface area (Å²) >= 11 is 0. The van der Waals surface area contributed by atoms with Crippen molar-refractivity contribution in [2.75, 3.05) is 20.8 Å². The first-order chi connectivity index (χ1) is 8.19. The standard InChI is InChI=1S/C14H23NO2/c1-11(12(2)15-3)9-10-17-14-8-6-5-7-13(14)16-4/h5-8,11-12,15H,9-10H2,1-4H3. The van der Waals surface area contributed by atoms with E-state index in [1.165, 1.54) is 0 Å². The van der Waals surface area contributed by atoms with E-state index in [1.54, 1.807) is 7.11 Å². The molecule has 0 aromatic heterocycles. The van der Waals surface area contributed by atoms with E-state index in [0.29, 0.717) is 18.6 Å². The van der Waals surface area contributed by atoms with Gasteiger partial charge in [-0.2, -0.15) is 0 Å². The summed E-state index contributed by atoms with van der Waals surface area (Å²) in [6.45, 7) is 5.13. The van der Waals surface area contributed by atoms with Gasteiger partial charge in [0, 0.05) is 6.04 Å². The van der Waals surface area contributed by atoms with Crippen LogP contribution < -0.4 is 14.8 Å². The molecule has 0 saturated carbocycles. The van der Waals surface area contributed by atoms with E-state index < -0.39 is 0 Å². The van der Waals surface area contributed by atoms with Crippen molar-refractivity contribution in [2.45, 2.75) is 26.3 Å².